The third-order valence-electron chi connectivity index (χ3n) is 7.59. The van der Waals surface area contributed by atoms with Gasteiger partial charge in [0.15, 0.2) is 0 Å². The van der Waals surface area contributed by atoms with E-state index in [9.17, 15) is 9.90 Å². The Bertz CT molecular complexity index is 505. The normalized spacial score (nSPS) is 12.4. The lowest BCUT2D eigenvalue weighted by Gasteiger charge is -2.15. The topological polar surface area (TPSA) is 55.8 Å². The van der Waals surface area contributed by atoms with Gasteiger partial charge in [0, 0.05) is 13.0 Å². The predicted octanol–water partition coefficient (Wildman–Crippen LogP) is 10.6. The van der Waals surface area contributed by atoms with Gasteiger partial charge in [-0.15, -0.1) is 0 Å². The number of ether oxygens (including phenoxy) is 2. The monoisotopic (exact) mass is 553 g/mol. The molecular formula is C35H68O4. The van der Waals surface area contributed by atoms with Gasteiger partial charge in [-0.3, -0.25) is 4.79 Å². The largest absolute Gasteiger partial charge is 0.457 e. The zero-order valence-corrected chi connectivity index (χ0v) is 26.4. The lowest BCUT2D eigenvalue weighted by molar-refractivity contribution is -0.154. The Kier molecular flexibility index (Phi) is 32.6. The van der Waals surface area contributed by atoms with Gasteiger partial charge in [0.05, 0.1) is 13.2 Å². The minimum Gasteiger partial charge on any atom is -0.457 e. The molecule has 0 aliphatic rings. The number of aliphatic hydroxyl groups excluding tert-OH is 1. The van der Waals surface area contributed by atoms with Crippen molar-refractivity contribution in [2.45, 2.75) is 187 Å². The summed E-state index contributed by atoms with van der Waals surface area (Å²) in [7, 11) is 0. The number of hydrogen-bond donors (Lipinski definition) is 1. The van der Waals surface area contributed by atoms with Crippen LogP contribution in [0.3, 0.4) is 0 Å². The maximum atomic E-state index is 12.1. The number of rotatable bonds is 32. The Labute approximate surface area is 244 Å². The van der Waals surface area contributed by atoms with Crippen molar-refractivity contribution in [2.24, 2.45) is 0 Å². The summed E-state index contributed by atoms with van der Waals surface area (Å²) in [5, 5.41) is 9.52. The highest BCUT2D eigenvalue weighted by Gasteiger charge is 2.13. The third-order valence-corrected chi connectivity index (χ3v) is 7.59. The number of carbonyl (C=O) groups is 1. The molecule has 1 unspecified atom stereocenters. The molecule has 0 aromatic rings. The van der Waals surface area contributed by atoms with Crippen molar-refractivity contribution in [3.63, 3.8) is 0 Å². The minimum absolute atomic E-state index is 0.169. The van der Waals surface area contributed by atoms with E-state index >= 15 is 0 Å². The molecule has 0 fully saturated rings. The van der Waals surface area contributed by atoms with Gasteiger partial charge < -0.3 is 14.6 Å². The molecule has 0 saturated heterocycles. The maximum Gasteiger partial charge on any atom is 0.306 e. The molecular weight excluding hydrogens is 484 g/mol. The van der Waals surface area contributed by atoms with E-state index in [4.69, 9.17) is 9.47 Å². The Morgan fingerprint density at radius 3 is 1.46 bits per heavy atom. The SMILES string of the molecule is CCCCCCC/C=C\CCCCCCCCOCC(CO)OC(=O)CCCCCCCCCCCCCC. The fourth-order valence-corrected chi connectivity index (χ4v) is 4.97. The number of carbonyl (C=O) groups excluding carboxylic acids is 1. The zero-order valence-electron chi connectivity index (χ0n) is 26.4. The minimum atomic E-state index is -0.528. The van der Waals surface area contributed by atoms with Crippen LogP contribution in [-0.2, 0) is 14.3 Å². The van der Waals surface area contributed by atoms with Crippen LogP contribution in [0.15, 0.2) is 12.2 Å². The summed E-state index contributed by atoms with van der Waals surface area (Å²) in [6.07, 6.45) is 36.7. The second kappa shape index (κ2) is 33.3. The summed E-state index contributed by atoms with van der Waals surface area (Å²) < 4.78 is 11.1. The predicted molar refractivity (Wildman–Crippen MR) is 168 cm³/mol. The first-order chi connectivity index (χ1) is 19.2. The summed E-state index contributed by atoms with van der Waals surface area (Å²) in [6, 6.07) is 0. The molecule has 1 atom stereocenters. The molecule has 4 nitrogen and oxygen atoms in total. The van der Waals surface area contributed by atoms with Gasteiger partial charge in [-0.1, -0.05) is 148 Å². The standard InChI is InChI=1S/C35H68O4/c1-3-5-7-9-11-13-15-17-18-19-21-23-25-27-29-31-38-33-34(32-36)39-35(37)30-28-26-24-22-20-16-14-12-10-8-6-4-2/h15,17,34,36H,3-14,16,18-33H2,1-2H3/b17-15-. The highest BCUT2D eigenvalue weighted by molar-refractivity contribution is 5.69. The molecule has 0 spiro atoms. The molecule has 0 aromatic heterocycles. The Morgan fingerprint density at radius 2 is 1.00 bits per heavy atom. The van der Waals surface area contributed by atoms with E-state index in [1.807, 2.05) is 0 Å². The van der Waals surface area contributed by atoms with Crippen LogP contribution in [0, 0.1) is 0 Å². The van der Waals surface area contributed by atoms with Crippen LogP contribution in [0.2, 0.25) is 0 Å². The molecule has 1 N–H and O–H groups in total. The van der Waals surface area contributed by atoms with E-state index in [1.54, 1.807) is 0 Å². The molecule has 0 radical (unpaired) electrons. The fourth-order valence-electron chi connectivity index (χ4n) is 4.97. The number of hydrogen-bond acceptors (Lipinski definition) is 4. The third kappa shape index (κ3) is 31.5. The van der Waals surface area contributed by atoms with Crippen LogP contribution in [0.1, 0.15) is 181 Å². The molecule has 0 heterocycles. The maximum absolute atomic E-state index is 12.1. The van der Waals surface area contributed by atoms with Crippen molar-refractivity contribution in [3.8, 4) is 0 Å². The lowest BCUT2D eigenvalue weighted by Crippen LogP contribution is -2.27. The molecule has 232 valence electrons. The summed E-state index contributed by atoms with van der Waals surface area (Å²) >= 11 is 0. The first kappa shape index (κ1) is 38.1. The van der Waals surface area contributed by atoms with Crippen LogP contribution in [0.25, 0.3) is 0 Å². The van der Waals surface area contributed by atoms with Gasteiger partial charge >= 0.3 is 5.97 Å². The second-order valence-corrected chi connectivity index (χ2v) is 11.6. The Hall–Kier alpha value is -0.870. The zero-order chi connectivity index (χ0) is 28.5. The van der Waals surface area contributed by atoms with Crippen molar-refractivity contribution in [1.82, 2.24) is 0 Å². The number of unbranched alkanes of at least 4 members (excludes halogenated alkanes) is 22. The van der Waals surface area contributed by atoms with Gasteiger partial charge in [0.2, 0.25) is 0 Å². The van der Waals surface area contributed by atoms with Crippen LogP contribution in [-0.4, -0.2) is 37.0 Å². The smallest absolute Gasteiger partial charge is 0.306 e. The summed E-state index contributed by atoms with van der Waals surface area (Å²) in [5.41, 5.74) is 0. The van der Waals surface area contributed by atoms with Gasteiger partial charge in [-0.25, -0.2) is 0 Å². The summed E-state index contributed by atoms with van der Waals surface area (Å²) in [6.45, 7) is 5.33. The van der Waals surface area contributed by atoms with E-state index in [0.29, 0.717) is 19.6 Å². The van der Waals surface area contributed by atoms with Crippen molar-refractivity contribution in [3.05, 3.63) is 12.2 Å². The first-order valence-electron chi connectivity index (χ1n) is 17.3. The van der Waals surface area contributed by atoms with Gasteiger partial charge in [0.1, 0.15) is 6.10 Å². The van der Waals surface area contributed by atoms with Crippen LogP contribution >= 0.6 is 0 Å². The summed E-state index contributed by atoms with van der Waals surface area (Å²) in [5.74, 6) is -0.202. The molecule has 0 rings (SSSR count). The number of aliphatic hydroxyl groups is 1. The second-order valence-electron chi connectivity index (χ2n) is 11.6. The molecule has 0 saturated carbocycles. The first-order valence-corrected chi connectivity index (χ1v) is 17.3. The van der Waals surface area contributed by atoms with Gasteiger partial charge in [-0.2, -0.15) is 0 Å². The van der Waals surface area contributed by atoms with Crippen molar-refractivity contribution in [1.29, 1.82) is 0 Å². The average Bonchev–Trinajstić information content (AvgIpc) is 2.94. The van der Waals surface area contributed by atoms with Crippen LogP contribution in [0.5, 0.6) is 0 Å². The quantitative estimate of drug-likeness (QED) is 0.0512. The van der Waals surface area contributed by atoms with Gasteiger partial charge in [-0.05, 0) is 38.5 Å². The Morgan fingerprint density at radius 1 is 0.590 bits per heavy atom. The van der Waals surface area contributed by atoms with Gasteiger partial charge in [0.25, 0.3) is 0 Å². The van der Waals surface area contributed by atoms with Crippen LogP contribution < -0.4 is 0 Å². The number of esters is 1. The van der Waals surface area contributed by atoms with E-state index < -0.39 is 6.10 Å². The molecule has 4 heteroatoms. The highest BCUT2D eigenvalue weighted by atomic mass is 16.6. The van der Waals surface area contributed by atoms with E-state index in [2.05, 4.69) is 26.0 Å². The van der Waals surface area contributed by atoms with Crippen molar-refractivity contribution >= 4 is 5.97 Å². The van der Waals surface area contributed by atoms with E-state index in [0.717, 1.165) is 19.3 Å². The van der Waals surface area contributed by atoms with E-state index in [1.165, 1.54) is 141 Å². The highest BCUT2D eigenvalue weighted by Crippen LogP contribution is 2.13. The van der Waals surface area contributed by atoms with Crippen LogP contribution in [0.4, 0.5) is 0 Å². The molecule has 0 aliphatic carbocycles. The molecule has 39 heavy (non-hydrogen) atoms. The van der Waals surface area contributed by atoms with Crippen molar-refractivity contribution in [2.75, 3.05) is 19.8 Å². The average molecular weight is 553 g/mol. The Balaban J connectivity index is 3.43. The number of allylic oxidation sites excluding steroid dienone is 2. The lowest BCUT2D eigenvalue weighted by atomic mass is 10.0. The molecule has 0 bridgehead atoms. The molecule has 0 amide bonds. The molecule has 0 aliphatic heterocycles. The summed E-state index contributed by atoms with van der Waals surface area (Å²) in [4.78, 5) is 12.1. The molecule has 0 aromatic carbocycles. The van der Waals surface area contributed by atoms with Crippen molar-refractivity contribution < 1.29 is 19.4 Å². The fraction of sp³-hybridized carbons (Fsp3) is 0.914. The van der Waals surface area contributed by atoms with E-state index in [-0.39, 0.29) is 12.6 Å².